The normalized spacial score (nSPS) is 10.3. The zero-order valence-corrected chi connectivity index (χ0v) is 9.39. The van der Waals surface area contributed by atoms with Crippen LogP contribution in [0.5, 0.6) is 5.75 Å². The number of allylic oxidation sites excluding steroid dienone is 1. The van der Waals surface area contributed by atoms with Gasteiger partial charge in [0.1, 0.15) is 5.75 Å². The molecule has 3 nitrogen and oxygen atoms in total. The van der Waals surface area contributed by atoms with Crippen molar-refractivity contribution in [3.63, 3.8) is 0 Å². The minimum absolute atomic E-state index is 0.304. The van der Waals surface area contributed by atoms with Crippen LogP contribution in [-0.2, 0) is 9.53 Å². The fourth-order valence-corrected chi connectivity index (χ4v) is 1.12. The van der Waals surface area contributed by atoms with Crippen molar-refractivity contribution in [1.29, 1.82) is 0 Å². The summed E-state index contributed by atoms with van der Waals surface area (Å²) in [5, 5.41) is 0. The molecule has 0 amide bonds. The number of esters is 1. The van der Waals surface area contributed by atoms with Gasteiger partial charge in [0.2, 0.25) is 0 Å². The van der Waals surface area contributed by atoms with Crippen LogP contribution in [0.2, 0.25) is 0 Å². The number of ether oxygens (including phenoxy) is 2. The molecule has 0 saturated heterocycles. The van der Waals surface area contributed by atoms with Gasteiger partial charge in [-0.25, -0.2) is 4.79 Å². The second-order valence-electron chi connectivity index (χ2n) is 3.18. The van der Waals surface area contributed by atoms with Crippen molar-refractivity contribution in [2.45, 2.75) is 13.3 Å². The summed E-state index contributed by atoms with van der Waals surface area (Å²) in [5.74, 6) is 0.532. The van der Waals surface area contributed by atoms with E-state index in [2.05, 4.69) is 0 Å². The van der Waals surface area contributed by atoms with Gasteiger partial charge in [0.25, 0.3) is 0 Å². The molecule has 0 radical (unpaired) electrons. The molecular formula is C13H16O3. The van der Waals surface area contributed by atoms with Gasteiger partial charge >= 0.3 is 5.97 Å². The summed E-state index contributed by atoms with van der Waals surface area (Å²) in [5.41, 5.74) is 0. The van der Waals surface area contributed by atoms with Crippen LogP contribution in [0, 0.1) is 0 Å². The largest absolute Gasteiger partial charge is 0.493 e. The van der Waals surface area contributed by atoms with E-state index < -0.39 is 0 Å². The van der Waals surface area contributed by atoms with Gasteiger partial charge in [0.15, 0.2) is 0 Å². The maximum atomic E-state index is 10.9. The topological polar surface area (TPSA) is 35.5 Å². The average Bonchev–Trinajstić information content (AvgIpc) is 2.30. The molecule has 16 heavy (non-hydrogen) atoms. The lowest BCUT2D eigenvalue weighted by Gasteiger charge is -2.05. The minimum atomic E-state index is -0.304. The highest BCUT2D eigenvalue weighted by Gasteiger charge is 1.96. The van der Waals surface area contributed by atoms with Crippen LogP contribution in [0.3, 0.4) is 0 Å². The Morgan fingerprint density at radius 2 is 2.00 bits per heavy atom. The molecule has 0 spiro atoms. The molecule has 0 unspecified atom stereocenters. The van der Waals surface area contributed by atoms with Crippen LogP contribution in [0.25, 0.3) is 0 Å². The maximum absolute atomic E-state index is 10.9. The second kappa shape index (κ2) is 7.51. The van der Waals surface area contributed by atoms with Gasteiger partial charge in [-0.1, -0.05) is 24.3 Å². The lowest BCUT2D eigenvalue weighted by molar-refractivity contribution is -0.137. The highest BCUT2D eigenvalue weighted by Crippen LogP contribution is 2.08. The lowest BCUT2D eigenvalue weighted by atomic mass is 10.3. The standard InChI is InChI=1S/C13H16O3/c1-2-7-13(14)16-11-6-10-15-12-8-4-3-5-9-12/h2-5,7-9H,6,10-11H2,1H3. The summed E-state index contributed by atoms with van der Waals surface area (Å²) in [7, 11) is 0. The van der Waals surface area contributed by atoms with Crippen molar-refractivity contribution in [3.8, 4) is 5.75 Å². The Balaban J connectivity index is 2.07. The second-order valence-corrected chi connectivity index (χ2v) is 3.18. The van der Waals surface area contributed by atoms with Gasteiger partial charge in [-0.05, 0) is 19.1 Å². The van der Waals surface area contributed by atoms with E-state index >= 15 is 0 Å². The Morgan fingerprint density at radius 3 is 2.69 bits per heavy atom. The molecular weight excluding hydrogens is 204 g/mol. The first kappa shape index (κ1) is 12.3. The fraction of sp³-hybridized carbons (Fsp3) is 0.308. The van der Waals surface area contributed by atoms with Gasteiger partial charge in [-0.15, -0.1) is 0 Å². The molecule has 0 saturated carbocycles. The minimum Gasteiger partial charge on any atom is -0.493 e. The van der Waals surface area contributed by atoms with Crippen LogP contribution in [0.1, 0.15) is 13.3 Å². The van der Waals surface area contributed by atoms with Crippen molar-refractivity contribution >= 4 is 5.97 Å². The fourth-order valence-electron chi connectivity index (χ4n) is 1.12. The number of benzene rings is 1. The molecule has 0 aliphatic carbocycles. The van der Waals surface area contributed by atoms with E-state index in [1.54, 1.807) is 13.0 Å². The zero-order chi connectivity index (χ0) is 11.6. The van der Waals surface area contributed by atoms with Gasteiger partial charge in [-0.2, -0.15) is 0 Å². The summed E-state index contributed by atoms with van der Waals surface area (Å²) < 4.78 is 10.4. The summed E-state index contributed by atoms with van der Waals surface area (Å²) in [6.45, 7) is 2.71. The zero-order valence-electron chi connectivity index (χ0n) is 9.39. The van der Waals surface area contributed by atoms with Crippen LogP contribution < -0.4 is 4.74 Å². The van der Waals surface area contributed by atoms with Crippen LogP contribution >= 0.6 is 0 Å². The van der Waals surface area contributed by atoms with E-state index in [-0.39, 0.29) is 5.97 Å². The summed E-state index contributed by atoms with van der Waals surface area (Å²) in [6.07, 6.45) is 3.75. The summed E-state index contributed by atoms with van der Waals surface area (Å²) >= 11 is 0. The molecule has 0 heterocycles. The molecule has 86 valence electrons. The van der Waals surface area contributed by atoms with E-state index in [4.69, 9.17) is 9.47 Å². The van der Waals surface area contributed by atoms with Crippen molar-refractivity contribution in [2.75, 3.05) is 13.2 Å². The lowest BCUT2D eigenvalue weighted by Crippen LogP contribution is -2.06. The monoisotopic (exact) mass is 220 g/mol. The highest BCUT2D eigenvalue weighted by atomic mass is 16.5. The molecule has 1 aromatic rings. The Kier molecular flexibility index (Phi) is 5.78. The SMILES string of the molecule is CC=CC(=O)OCCCOc1ccccc1. The van der Waals surface area contributed by atoms with E-state index in [0.29, 0.717) is 19.6 Å². The van der Waals surface area contributed by atoms with Crippen molar-refractivity contribution in [1.82, 2.24) is 0 Å². The van der Waals surface area contributed by atoms with Gasteiger partial charge < -0.3 is 9.47 Å². The molecule has 0 atom stereocenters. The molecule has 3 heteroatoms. The van der Waals surface area contributed by atoms with Crippen LogP contribution in [-0.4, -0.2) is 19.2 Å². The molecule has 1 rings (SSSR count). The first-order valence-corrected chi connectivity index (χ1v) is 5.30. The first-order chi connectivity index (χ1) is 7.83. The van der Waals surface area contributed by atoms with Crippen molar-refractivity contribution in [3.05, 3.63) is 42.5 Å². The average molecular weight is 220 g/mol. The Labute approximate surface area is 95.7 Å². The van der Waals surface area contributed by atoms with Gasteiger partial charge in [0.05, 0.1) is 13.2 Å². The Hall–Kier alpha value is -1.77. The smallest absolute Gasteiger partial charge is 0.330 e. The third kappa shape index (κ3) is 5.20. The third-order valence-electron chi connectivity index (χ3n) is 1.85. The molecule has 0 aliphatic rings. The van der Waals surface area contributed by atoms with E-state index in [1.807, 2.05) is 30.3 Å². The van der Waals surface area contributed by atoms with E-state index in [0.717, 1.165) is 5.75 Å². The first-order valence-electron chi connectivity index (χ1n) is 5.30. The number of carbonyl (C=O) groups excluding carboxylic acids is 1. The third-order valence-corrected chi connectivity index (χ3v) is 1.85. The molecule has 0 bridgehead atoms. The summed E-state index contributed by atoms with van der Waals surface area (Å²) in [4.78, 5) is 10.9. The maximum Gasteiger partial charge on any atom is 0.330 e. The number of carbonyl (C=O) groups is 1. The predicted molar refractivity (Wildman–Crippen MR) is 62.3 cm³/mol. The Bertz CT molecular complexity index is 330. The predicted octanol–water partition coefficient (Wildman–Crippen LogP) is 2.57. The molecule has 0 aliphatic heterocycles. The number of rotatable bonds is 6. The molecule has 0 aromatic heterocycles. The van der Waals surface area contributed by atoms with E-state index in [1.165, 1.54) is 6.08 Å². The quantitative estimate of drug-likeness (QED) is 0.420. The van der Waals surface area contributed by atoms with Gasteiger partial charge in [-0.3, -0.25) is 0 Å². The van der Waals surface area contributed by atoms with Crippen molar-refractivity contribution in [2.24, 2.45) is 0 Å². The van der Waals surface area contributed by atoms with Crippen LogP contribution in [0.15, 0.2) is 42.5 Å². The molecule has 1 aromatic carbocycles. The number of para-hydroxylation sites is 1. The van der Waals surface area contributed by atoms with Gasteiger partial charge in [0, 0.05) is 12.5 Å². The van der Waals surface area contributed by atoms with Crippen molar-refractivity contribution < 1.29 is 14.3 Å². The number of hydrogen-bond donors (Lipinski definition) is 0. The van der Waals surface area contributed by atoms with Crippen LogP contribution in [0.4, 0.5) is 0 Å². The number of hydrogen-bond acceptors (Lipinski definition) is 3. The molecule has 0 fully saturated rings. The van der Waals surface area contributed by atoms with E-state index in [9.17, 15) is 4.79 Å². The Morgan fingerprint density at radius 1 is 1.25 bits per heavy atom. The highest BCUT2D eigenvalue weighted by molar-refractivity contribution is 5.81. The molecule has 0 N–H and O–H groups in total. The summed E-state index contributed by atoms with van der Waals surface area (Å²) in [6, 6.07) is 9.56.